The Morgan fingerprint density at radius 2 is 2.00 bits per heavy atom. The second kappa shape index (κ2) is 6.24. The van der Waals surface area contributed by atoms with E-state index in [1.807, 2.05) is 0 Å². The molecular weight excluding hydrogens is 280 g/mol. The van der Waals surface area contributed by atoms with Gasteiger partial charge in [0.2, 0.25) is 10.0 Å². The Bertz CT molecular complexity index is 530. The zero-order chi connectivity index (χ0) is 14.6. The molecule has 0 atom stereocenters. The highest BCUT2D eigenvalue weighted by Gasteiger charge is 2.29. The van der Waals surface area contributed by atoms with Crippen molar-refractivity contribution in [1.82, 2.24) is 9.88 Å². The summed E-state index contributed by atoms with van der Waals surface area (Å²) in [5, 5.41) is 14.1. The van der Waals surface area contributed by atoms with Gasteiger partial charge in [-0.2, -0.15) is 0 Å². The summed E-state index contributed by atoms with van der Waals surface area (Å²) in [6.45, 7) is 1.79. The highest BCUT2D eigenvalue weighted by molar-refractivity contribution is 7.88. The van der Waals surface area contributed by atoms with Crippen molar-refractivity contribution in [3.05, 3.63) is 17.5 Å². The molecule has 1 aliphatic carbocycles. The van der Waals surface area contributed by atoms with Gasteiger partial charge in [-0.1, -0.05) is 30.8 Å². The first-order chi connectivity index (χ1) is 9.39. The molecular formula is C13H22N2O4S. The van der Waals surface area contributed by atoms with Crippen LogP contribution in [0.1, 0.15) is 50.0 Å². The number of hydrogen-bond donors (Lipinski definition) is 2. The molecule has 114 valence electrons. The van der Waals surface area contributed by atoms with E-state index >= 15 is 0 Å². The van der Waals surface area contributed by atoms with Gasteiger partial charge in [0.15, 0.2) is 0 Å². The maximum Gasteiger partial charge on any atom is 0.217 e. The number of sulfonamides is 1. The second-order valence-corrected chi connectivity index (χ2v) is 7.45. The summed E-state index contributed by atoms with van der Waals surface area (Å²) < 4.78 is 31.3. The Morgan fingerprint density at radius 3 is 2.55 bits per heavy atom. The van der Waals surface area contributed by atoms with Crippen molar-refractivity contribution in [1.29, 1.82) is 0 Å². The summed E-state index contributed by atoms with van der Waals surface area (Å²) in [7, 11) is -3.50. The van der Waals surface area contributed by atoms with Gasteiger partial charge in [0.25, 0.3) is 0 Å². The van der Waals surface area contributed by atoms with Gasteiger partial charge < -0.3 is 9.63 Å². The summed E-state index contributed by atoms with van der Waals surface area (Å²) in [5.74, 6) is 0.359. The molecule has 1 fully saturated rings. The molecule has 0 saturated heterocycles. The molecule has 0 unspecified atom stereocenters. The van der Waals surface area contributed by atoms with E-state index in [-0.39, 0.29) is 12.3 Å². The van der Waals surface area contributed by atoms with Crippen molar-refractivity contribution in [2.45, 2.75) is 56.8 Å². The molecule has 20 heavy (non-hydrogen) atoms. The van der Waals surface area contributed by atoms with E-state index in [4.69, 9.17) is 4.52 Å². The molecule has 0 radical (unpaired) electrons. The van der Waals surface area contributed by atoms with Gasteiger partial charge in [-0.3, -0.25) is 0 Å². The van der Waals surface area contributed by atoms with Crippen LogP contribution in [0.5, 0.6) is 0 Å². The predicted molar refractivity (Wildman–Crippen MR) is 74.5 cm³/mol. The average molecular weight is 302 g/mol. The monoisotopic (exact) mass is 302 g/mol. The summed E-state index contributed by atoms with van der Waals surface area (Å²) in [6, 6.07) is 1.60. The van der Waals surface area contributed by atoms with Crippen LogP contribution in [-0.2, 0) is 15.8 Å². The Morgan fingerprint density at radius 1 is 1.35 bits per heavy atom. The van der Waals surface area contributed by atoms with E-state index in [0.29, 0.717) is 24.3 Å². The predicted octanol–water partition coefficient (Wildman–Crippen LogP) is 1.49. The van der Waals surface area contributed by atoms with Crippen molar-refractivity contribution in [2.75, 3.05) is 6.54 Å². The minimum atomic E-state index is -3.50. The minimum Gasteiger partial charge on any atom is -0.389 e. The standard InChI is InChI=1S/C13H22N2O4S/c1-11-8-12(15-19-11)9-20(17,18)14-10-13(16)6-4-2-3-5-7-13/h8,14,16H,2-7,9-10H2,1H3. The van der Waals surface area contributed by atoms with Gasteiger partial charge >= 0.3 is 0 Å². The molecule has 0 aromatic carbocycles. The lowest BCUT2D eigenvalue weighted by Gasteiger charge is -2.26. The van der Waals surface area contributed by atoms with Gasteiger partial charge in [0.05, 0.1) is 5.60 Å². The molecule has 1 saturated carbocycles. The van der Waals surface area contributed by atoms with Crippen LogP contribution in [-0.4, -0.2) is 30.8 Å². The van der Waals surface area contributed by atoms with Gasteiger partial charge in [-0.15, -0.1) is 0 Å². The van der Waals surface area contributed by atoms with Gasteiger partial charge in [0.1, 0.15) is 17.2 Å². The fourth-order valence-corrected chi connectivity index (χ4v) is 3.66. The number of aryl methyl sites for hydroxylation is 1. The van der Waals surface area contributed by atoms with Crippen LogP contribution in [0.2, 0.25) is 0 Å². The fraction of sp³-hybridized carbons (Fsp3) is 0.769. The molecule has 0 bridgehead atoms. The van der Waals surface area contributed by atoms with Gasteiger partial charge in [-0.25, -0.2) is 13.1 Å². The quantitative estimate of drug-likeness (QED) is 0.804. The highest BCUT2D eigenvalue weighted by Crippen LogP contribution is 2.26. The Labute approximate surface area is 119 Å². The molecule has 7 heteroatoms. The third kappa shape index (κ3) is 4.57. The van der Waals surface area contributed by atoms with Gasteiger partial charge in [0, 0.05) is 12.6 Å². The smallest absolute Gasteiger partial charge is 0.217 e. The molecule has 0 amide bonds. The number of hydrogen-bond acceptors (Lipinski definition) is 5. The molecule has 2 N–H and O–H groups in total. The van der Waals surface area contributed by atoms with Crippen LogP contribution in [0.15, 0.2) is 10.6 Å². The van der Waals surface area contributed by atoms with E-state index < -0.39 is 15.6 Å². The zero-order valence-corrected chi connectivity index (χ0v) is 12.6. The summed E-state index contributed by atoms with van der Waals surface area (Å²) in [4.78, 5) is 0. The first-order valence-electron chi connectivity index (χ1n) is 7.01. The Hall–Kier alpha value is -0.920. The second-order valence-electron chi connectivity index (χ2n) is 5.65. The van der Waals surface area contributed by atoms with Crippen molar-refractivity contribution >= 4 is 10.0 Å². The van der Waals surface area contributed by atoms with E-state index in [1.54, 1.807) is 13.0 Å². The largest absolute Gasteiger partial charge is 0.389 e. The molecule has 1 aliphatic rings. The average Bonchev–Trinajstić information content (AvgIpc) is 2.63. The zero-order valence-electron chi connectivity index (χ0n) is 11.8. The van der Waals surface area contributed by atoms with E-state index in [9.17, 15) is 13.5 Å². The first kappa shape index (κ1) is 15.5. The third-order valence-corrected chi connectivity index (χ3v) is 4.93. The van der Waals surface area contributed by atoms with Crippen LogP contribution in [0.4, 0.5) is 0 Å². The van der Waals surface area contributed by atoms with Crippen molar-refractivity contribution in [2.24, 2.45) is 0 Å². The molecule has 1 heterocycles. The van der Waals surface area contributed by atoms with Crippen LogP contribution in [0, 0.1) is 6.92 Å². The number of rotatable bonds is 5. The van der Waals surface area contributed by atoms with Crippen molar-refractivity contribution in [3.63, 3.8) is 0 Å². The molecule has 0 spiro atoms. The number of aliphatic hydroxyl groups is 1. The number of aromatic nitrogens is 1. The summed E-state index contributed by atoms with van der Waals surface area (Å²) in [6.07, 6.45) is 5.40. The van der Waals surface area contributed by atoms with Gasteiger partial charge in [-0.05, 0) is 19.8 Å². The van der Waals surface area contributed by atoms with E-state index in [0.717, 1.165) is 25.7 Å². The fourth-order valence-electron chi connectivity index (χ4n) is 2.54. The minimum absolute atomic E-state index is 0.0756. The molecule has 1 aromatic heterocycles. The maximum absolute atomic E-state index is 12.0. The molecule has 1 aromatic rings. The lowest BCUT2D eigenvalue weighted by atomic mass is 9.95. The lowest BCUT2D eigenvalue weighted by molar-refractivity contribution is 0.0303. The van der Waals surface area contributed by atoms with Crippen LogP contribution < -0.4 is 4.72 Å². The van der Waals surface area contributed by atoms with Crippen molar-refractivity contribution in [3.8, 4) is 0 Å². The van der Waals surface area contributed by atoms with Crippen LogP contribution in [0.3, 0.4) is 0 Å². The van der Waals surface area contributed by atoms with Crippen molar-refractivity contribution < 1.29 is 18.0 Å². The van der Waals surface area contributed by atoms with E-state index in [2.05, 4.69) is 9.88 Å². The summed E-state index contributed by atoms with van der Waals surface area (Å²) in [5.41, 5.74) is -0.536. The maximum atomic E-state index is 12.0. The molecule has 2 rings (SSSR count). The SMILES string of the molecule is Cc1cc(CS(=O)(=O)NCC2(O)CCCCCC2)no1. The Balaban J connectivity index is 1.91. The molecule has 0 aliphatic heterocycles. The van der Waals surface area contributed by atoms with Crippen LogP contribution in [0.25, 0.3) is 0 Å². The first-order valence-corrected chi connectivity index (χ1v) is 8.66. The van der Waals surface area contributed by atoms with Crippen LogP contribution >= 0.6 is 0 Å². The number of nitrogens with zero attached hydrogens (tertiary/aromatic N) is 1. The topological polar surface area (TPSA) is 92.4 Å². The summed E-state index contributed by atoms with van der Waals surface area (Å²) >= 11 is 0. The normalized spacial score (nSPS) is 19.7. The number of nitrogens with one attached hydrogen (secondary N) is 1. The third-order valence-electron chi connectivity index (χ3n) is 3.67. The molecule has 6 nitrogen and oxygen atoms in total. The Kier molecular flexibility index (Phi) is 4.82. The lowest BCUT2D eigenvalue weighted by Crippen LogP contribution is -2.42. The highest BCUT2D eigenvalue weighted by atomic mass is 32.2. The van der Waals surface area contributed by atoms with E-state index in [1.165, 1.54) is 0 Å².